The number of nitrogens with one attached hydrogen (secondary N) is 1. The molecule has 0 atom stereocenters. The first-order valence-electron chi connectivity index (χ1n) is 6.94. The molecule has 0 bridgehead atoms. The third-order valence-corrected chi connectivity index (χ3v) is 3.73. The Labute approximate surface area is 123 Å². The monoisotopic (exact) mass is 292 g/mol. The van der Waals surface area contributed by atoms with Crippen molar-refractivity contribution in [2.24, 2.45) is 5.92 Å². The fraction of sp³-hybridized carbons (Fsp3) is 0.467. The Kier molecular flexibility index (Phi) is 4.67. The van der Waals surface area contributed by atoms with Crippen molar-refractivity contribution in [3.63, 3.8) is 0 Å². The first kappa shape index (κ1) is 15.2. The Morgan fingerprint density at radius 3 is 2.57 bits per heavy atom. The quantitative estimate of drug-likeness (QED) is 0.896. The van der Waals surface area contributed by atoms with Crippen molar-refractivity contribution in [2.75, 3.05) is 25.5 Å². The molecule has 114 valence electrons. The Morgan fingerprint density at radius 1 is 1.33 bits per heavy atom. The maximum atomic E-state index is 12.2. The van der Waals surface area contributed by atoms with Crippen LogP contribution in [0.25, 0.3) is 0 Å². The third-order valence-electron chi connectivity index (χ3n) is 3.73. The number of amides is 2. The summed E-state index contributed by atoms with van der Waals surface area (Å²) in [5.41, 5.74) is 1.65. The molecule has 0 aliphatic carbocycles. The molecule has 0 spiro atoms. The Morgan fingerprint density at radius 2 is 2.00 bits per heavy atom. The average molecular weight is 292 g/mol. The number of carbonyl (C=O) groups excluding carboxylic acids is 1. The number of hydrogen-bond donors (Lipinski definition) is 2. The molecule has 2 N–H and O–H groups in total. The second-order valence-corrected chi connectivity index (χ2v) is 5.23. The number of carbonyl (C=O) groups is 2. The fourth-order valence-corrected chi connectivity index (χ4v) is 2.44. The number of nitrogens with zero attached hydrogens (tertiary/aromatic N) is 1. The van der Waals surface area contributed by atoms with E-state index in [1.807, 2.05) is 25.1 Å². The molecule has 6 nitrogen and oxygen atoms in total. The van der Waals surface area contributed by atoms with Crippen LogP contribution in [0.1, 0.15) is 18.4 Å². The number of aryl methyl sites for hydroxylation is 1. The molecule has 0 unspecified atom stereocenters. The van der Waals surface area contributed by atoms with Crippen LogP contribution in [0.3, 0.4) is 0 Å². The van der Waals surface area contributed by atoms with Crippen LogP contribution in [0.5, 0.6) is 5.75 Å². The van der Waals surface area contributed by atoms with Gasteiger partial charge in [-0.3, -0.25) is 4.79 Å². The zero-order valence-corrected chi connectivity index (χ0v) is 12.3. The van der Waals surface area contributed by atoms with Crippen LogP contribution >= 0.6 is 0 Å². The summed E-state index contributed by atoms with van der Waals surface area (Å²) in [6.45, 7) is 2.85. The smallest absolute Gasteiger partial charge is 0.321 e. The van der Waals surface area contributed by atoms with Crippen LogP contribution in [0.2, 0.25) is 0 Å². The number of likely N-dealkylation sites (tertiary alicyclic amines) is 1. The second kappa shape index (κ2) is 6.47. The number of ether oxygens (including phenoxy) is 1. The zero-order valence-electron chi connectivity index (χ0n) is 12.3. The summed E-state index contributed by atoms with van der Waals surface area (Å²) >= 11 is 0. The minimum absolute atomic E-state index is 0.220. The number of rotatable bonds is 3. The summed E-state index contributed by atoms with van der Waals surface area (Å²) in [6.07, 6.45) is 0.988. The lowest BCUT2D eigenvalue weighted by atomic mass is 9.97. The number of piperidine rings is 1. The van der Waals surface area contributed by atoms with E-state index in [4.69, 9.17) is 9.84 Å². The maximum Gasteiger partial charge on any atom is 0.321 e. The third kappa shape index (κ3) is 3.65. The topological polar surface area (TPSA) is 78.9 Å². The molecule has 1 aliphatic heterocycles. The molecule has 0 aromatic heterocycles. The van der Waals surface area contributed by atoms with Gasteiger partial charge in [0.25, 0.3) is 0 Å². The van der Waals surface area contributed by atoms with E-state index in [0.29, 0.717) is 37.4 Å². The van der Waals surface area contributed by atoms with Gasteiger partial charge in [0.05, 0.1) is 18.7 Å². The molecule has 1 heterocycles. The van der Waals surface area contributed by atoms with Gasteiger partial charge in [0.2, 0.25) is 0 Å². The molecular formula is C15H20N2O4. The minimum atomic E-state index is -0.782. The van der Waals surface area contributed by atoms with E-state index >= 15 is 0 Å². The molecule has 2 amide bonds. The number of hydrogen-bond acceptors (Lipinski definition) is 3. The molecule has 6 heteroatoms. The second-order valence-electron chi connectivity index (χ2n) is 5.23. The van der Waals surface area contributed by atoms with Crippen LogP contribution in [-0.4, -0.2) is 42.2 Å². The molecular weight excluding hydrogens is 272 g/mol. The van der Waals surface area contributed by atoms with E-state index < -0.39 is 5.97 Å². The van der Waals surface area contributed by atoms with Crippen LogP contribution in [0.15, 0.2) is 18.2 Å². The predicted molar refractivity (Wildman–Crippen MR) is 78.7 cm³/mol. The summed E-state index contributed by atoms with van der Waals surface area (Å²) in [5.74, 6) is -0.521. The molecule has 0 radical (unpaired) electrons. The molecule has 2 rings (SSSR count). The van der Waals surface area contributed by atoms with E-state index in [9.17, 15) is 9.59 Å². The van der Waals surface area contributed by atoms with Gasteiger partial charge in [0.15, 0.2) is 0 Å². The Balaban J connectivity index is 1.99. The van der Waals surface area contributed by atoms with Crippen molar-refractivity contribution in [1.29, 1.82) is 0 Å². The van der Waals surface area contributed by atoms with Crippen molar-refractivity contribution in [2.45, 2.75) is 19.8 Å². The van der Waals surface area contributed by atoms with Gasteiger partial charge < -0.3 is 20.1 Å². The largest absolute Gasteiger partial charge is 0.495 e. The maximum absolute atomic E-state index is 12.2. The first-order valence-corrected chi connectivity index (χ1v) is 6.94. The number of aliphatic carboxylic acids is 1. The lowest BCUT2D eigenvalue weighted by molar-refractivity contribution is -0.143. The Bertz CT molecular complexity index is 536. The van der Waals surface area contributed by atoms with Gasteiger partial charge in [0, 0.05) is 13.1 Å². The number of carboxylic acids is 1. The first-order chi connectivity index (χ1) is 10.0. The van der Waals surface area contributed by atoms with Gasteiger partial charge >= 0.3 is 12.0 Å². The Hall–Kier alpha value is -2.24. The highest BCUT2D eigenvalue weighted by molar-refractivity contribution is 5.91. The molecule has 1 saturated heterocycles. The molecule has 0 saturated carbocycles. The number of urea groups is 1. The number of anilines is 1. The summed E-state index contributed by atoms with van der Waals surface area (Å²) in [4.78, 5) is 24.8. The van der Waals surface area contributed by atoms with Gasteiger partial charge in [-0.1, -0.05) is 6.07 Å². The van der Waals surface area contributed by atoms with Gasteiger partial charge in [-0.15, -0.1) is 0 Å². The van der Waals surface area contributed by atoms with Crippen molar-refractivity contribution in [3.8, 4) is 5.75 Å². The molecule has 1 aromatic rings. The fourth-order valence-electron chi connectivity index (χ4n) is 2.44. The minimum Gasteiger partial charge on any atom is -0.495 e. The van der Waals surface area contributed by atoms with Crippen molar-refractivity contribution in [3.05, 3.63) is 23.8 Å². The average Bonchev–Trinajstić information content (AvgIpc) is 2.47. The molecule has 21 heavy (non-hydrogen) atoms. The standard InChI is InChI=1S/C15H20N2O4/c1-10-3-4-13(21-2)12(9-10)16-15(20)17-7-5-11(6-8-17)14(18)19/h3-4,9,11H,5-8H2,1-2H3,(H,16,20)(H,18,19). The van der Waals surface area contributed by atoms with Gasteiger partial charge in [-0.05, 0) is 37.5 Å². The normalized spacial score (nSPS) is 15.6. The summed E-state index contributed by atoms with van der Waals surface area (Å²) < 4.78 is 5.23. The van der Waals surface area contributed by atoms with E-state index in [1.165, 1.54) is 0 Å². The van der Waals surface area contributed by atoms with E-state index in [2.05, 4.69) is 5.32 Å². The van der Waals surface area contributed by atoms with Crippen molar-refractivity contribution >= 4 is 17.7 Å². The zero-order chi connectivity index (χ0) is 15.4. The van der Waals surface area contributed by atoms with Gasteiger partial charge in [0.1, 0.15) is 5.75 Å². The van der Waals surface area contributed by atoms with Crippen LogP contribution in [-0.2, 0) is 4.79 Å². The van der Waals surface area contributed by atoms with Crippen LogP contribution in [0.4, 0.5) is 10.5 Å². The van der Waals surface area contributed by atoms with Crippen molar-refractivity contribution < 1.29 is 19.4 Å². The lowest BCUT2D eigenvalue weighted by Gasteiger charge is -2.30. The van der Waals surface area contributed by atoms with Crippen molar-refractivity contribution in [1.82, 2.24) is 4.90 Å². The number of carboxylic acid groups (broad SMARTS) is 1. The highest BCUT2D eigenvalue weighted by Crippen LogP contribution is 2.26. The summed E-state index contributed by atoms with van der Waals surface area (Å²) in [5, 5.41) is 11.8. The van der Waals surface area contributed by atoms with Crippen LogP contribution in [0, 0.1) is 12.8 Å². The van der Waals surface area contributed by atoms with E-state index in [-0.39, 0.29) is 11.9 Å². The number of methoxy groups -OCH3 is 1. The summed E-state index contributed by atoms with van der Waals surface area (Å²) in [6, 6.07) is 5.34. The number of benzene rings is 1. The molecule has 1 aliphatic rings. The molecule has 1 fully saturated rings. The highest BCUT2D eigenvalue weighted by atomic mass is 16.5. The SMILES string of the molecule is COc1ccc(C)cc1NC(=O)N1CCC(C(=O)O)CC1. The molecule has 1 aromatic carbocycles. The predicted octanol–water partition coefficient (Wildman–Crippen LogP) is 2.33. The van der Waals surface area contributed by atoms with E-state index in [0.717, 1.165) is 5.56 Å². The van der Waals surface area contributed by atoms with Gasteiger partial charge in [-0.25, -0.2) is 4.79 Å². The van der Waals surface area contributed by atoms with Gasteiger partial charge in [-0.2, -0.15) is 0 Å². The summed E-state index contributed by atoms with van der Waals surface area (Å²) in [7, 11) is 1.55. The lowest BCUT2D eigenvalue weighted by Crippen LogP contribution is -2.42. The van der Waals surface area contributed by atoms with E-state index in [1.54, 1.807) is 12.0 Å². The van der Waals surface area contributed by atoms with Crippen LogP contribution < -0.4 is 10.1 Å². The highest BCUT2D eigenvalue weighted by Gasteiger charge is 2.27.